The summed E-state index contributed by atoms with van der Waals surface area (Å²) in [6.45, 7) is 2.49. The zero-order valence-corrected chi connectivity index (χ0v) is 17.7. The summed E-state index contributed by atoms with van der Waals surface area (Å²) in [6, 6.07) is 10.9. The summed E-state index contributed by atoms with van der Waals surface area (Å²) in [7, 11) is 0. The molecule has 1 aliphatic heterocycles. The Bertz CT molecular complexity index is 1080. The van der Waals surface area contributed by atoms with E-state index in [1.54, 1.807) is 30.5 Å². The molecule has 2 fully saturated rings. The highest BCUT2D eigenvalue weighted by Crippen LogP contribution is 2.40. The fourth-order valence-electron chi connectivity index (χ4n) is 3.62. The number of nitrogens with zero attached hydrogens (tertiary/aromatic N) is 5. The molecule has 0 bridgehead atoms. The fraction of sp³-hybridized carbons (Fsp3) is 0.364. The maximum absolute atomic E-state index is 12.6. The molecule has 9 heteroatoms. The van der Waals surface area contributed by atoms with E-state index in [-0.39, 0.29) is 12.5 Å². The molecular weight excluding hydrogens is 418 g/mol. The molecule has 5 rings (SSSR count). The van der Waals surface area contributed by atoms with Crippen molar-refractivity contribution in [2.75, 3.05) is 37.7 Å². The highest BCUT2D eigenvalue weighted by atomic mass is 35.5. The monoisotopic (exact) mass is 439 g/mol. The lowest BCUT2D eigenvalue weighted by Crippen LogP contribution is -2.50. The molecule has 8 nitrogen and oxygen atoms in total. The van der Waals surface area contributed by atoms with Crippen molar-refractivity contribution < 1.29 is 13.9 Å². The first-order valence-corrected chi connectivity index (χ1v) is 10.7. The van der Waals surface area contributed by atoms with Crippen molar-refractivity contribution in [3.63, 3.8) is 0 Å². The molecule has 31 heavy (non-hydrogen) atoms. The van der Waals surface area contributed by atoms with E-state index in [0.717, 1.165) is 24.2 Å². The summed E-state index contributed by atoms with van der Waals surface area (Å²) >= 11 is 5.96. The summed E-state index contributed by atoms with van der Waals surface area (Å²) in [4.78, 5) is 21.1. The Morgan fingerprint density at radius 1 is 1.13 bits per heavy atom. The standard InChI is InChI=1S/C22H22ClN5O3/c23-16-3-1-4-17(13-16)30-14-19(29)27-9-11-28(12-10-27)20-18(5-2-8-24-20)22-26-25-21(31-22)15-6-7-15/h1-5,8,13,15H,6-7,9-12,14H2. The molecule has 1 saturated heterocycles. The molecule has 0 unspecified atom stereocenters. The number of piperazine rings is 1. The number of anilines is 1. The number of carbonyl (C=O) groups excluding carboxylic acids is 1. The Balaban J connectivity index is 1.21. The van der Waals surface area contributed by atoms with Gasteiger partial charge >= 0.3 is 0 Å². The van der Waals surface area contributed by atoms with Gasteiger partial charge in [-0.05, 0) is 43.2 Å². The Labute approximate surface area is 184 Å². The lowest BCUT2D eigenvalue weighted by Gasteiger charge is -2.35. The number of ether oxygens (including phenoxy) is 1. The predicted octanol–water partition coefficient (Wildman–Crippen LogP) is 3.39. The Morgan fingerprint density at radius 3 is 2.74 bits per heavy atom. The molecule has 0 atom stereocenters. The maximum atomic E-state index is 12.6. The van der Waals surface area contributed by atoms with E-state index < -0.39 is 0 Å². The second kappa shape index (κ2) is 8.55. The quantitative estimate of drug-likeness (QED) is 0.582. The smallest absolute Gasteiger partial charge is 0.260 e. The molecule has 1 saturated carbocycles. The van der Waals surface area contributed by atoms with Gasteiger partial charge in [0.25, 0.3) is 11.8 Å². The lowest BCUT2D eigenvalue weighted by molar-refractivity contribution is -0.133. The molecule has 2 aliphatic rings. The van der Waals surface area contributed by atoms with Gasteiger partial charge in [0.05, 0.1) is 5.56 Å². The molecular formula is C22H22ClN5O3. The number of halogens is 1. The molecule has 0 N–H and O–H groups in total. The van der Waals surface area contributed by atoms with Gasteiger partial charge in [0, 0.05) is 43.3 Å². The van der Waals surface area contributed by atoms with Crippen LogP contribution in [0.15, 0.2) is 47.0 Å². The van der Waals surface area contributed by atoms with Crippen LogP contribution in [-0.2, 0) is 4.79 Å². The second-order valence-corrected chi connectivity index (χ2v) is 8.14. The Hall–Kier alpha value is -3.13. The molecule has 0 radical (unpaired) electrons. The van der Waals surface area contributed by atoms with E-state index in [4.69, 9.17) is 20.8 Å². The van der Waals surface area contributed by atoms with Crippen LogP contribution in [0.2, 0.25) is 5.02 Å². The number of pyridine rings is 1. The molecule has 160 valence electrons. The third-order valence-electron chi connectivity index (χ3n) is 5.47. The van der Waals surface area contributed by atoms with Gasteiger partial charge in [0.2, 0.25) is 5.89 Å². The van der Waals surface area contributed by atoms with Crippen molar-refractivity contribution in [1.29, 1.82) is 0 Å². The predicted molar refractivity (Wildman–Crippen MR) is 115 cm³/mol. The van der Waals surface area contributed by atoms with Crippen LogP contribution in [0.5, 0.6) is 5.75 Å². The number of amides is 1. The van der Waals surface area contributed by atoms with Crippen molar-refractivity contribution in [2.24, 2.45) is 0 Å². The van der Waals surface area contributed by atoms with E-state index in [0.29, 0.717) is 54.7 Å². The normalized spacial score (nSPS) is 16.4. The fourth-order valence-corrected chi connectivity index (χ4v) is 3.80. The van der Waals surface area contributed by atoms with E-state index in [1.165, 1.54) is 0 Å². The highest BCUT2D eigenvalue weighted by Gasteiger charge is 2.30. The first-order valence-electron chi connectivity index (χ1n) is 10.4. The van der Waals surface area contributed by atoms with Crippen LogP contribution in [0.3, 0.4) is 0 Å². The van der Waals surface area contributed by atoms with Gasteiger partial charge in [-0.3, -0.25) is 4.79 Å². The molecule has 2 aromatic heterocycles. The van der Waals surface area contributed by atoms with Crippen molar-refractivity contribution in [1.82, 2.24) is 20.1 Å². The summed E-state index contributed by atoms with van der Waals surface area (Å²) in [5.41, 5.74) is 0.825. The number of benzene rings is 1. The number of aromatic nitrogens is 3. The van der Waals surface area contributed by atoms with Crippen molar-refractivity contribution in [3.8, 4) is 17.2 Å². The molecule has 1 amide bonds. The first-order chi connectivity index (χ1) is 15.2. The van der Waals surface area contributed by atoms with Crippen LogP contribution in [0.25, 0.3) is 11.5 Å². The summed E-state index contributed by atoms with van der Waals surface area (Å²) < 4.78 is 11.5. The topological polar surface area (TPSA) is 84.6 Å². The van der Waals surface area contributed by atoms with E-state index in [2.05, 4.69) is 20.1 Å². The lowest BCUT2D eigenvalue weighted by atomic mass is 10.2. The number of carbonyl (C=O) groups is 1. The van der Waals surface area contributed by atoms with Gasteiger partial charge in [-0.2, -0.15) is 0 Å². The summed E-state index contributed by atoms with van der Waals surface area (Å²) in [5, 5.41) is 9.00. The van der Waals surface area contributed by atoms with Crippen LogP contribution in [-0.4, -0.2) is 58.8 Å². The van der Waals surface area contributed by atoms with E-state index in [1.807, 2.05) is 17.0 Å². The minimum Gasteiger partial charge on any atom is -0.484 e. The average molecular weight is 440 g/mol. The number of hydrogen-bond acceptors (Lipinski definition) is 7. The van der Waals surface area contributed by atoms with Gasteiger partial charge in [0.1, 0.15) is 11.6 Å². The van der Waals surface area contributed by atoms with Crippen LogP contribution in [0.4, 0.5) is 5.82 Å². The van der Waals surface area contributed by atoms with Gasteiger partial charge in [-0.25, -0.2) is 4.98 Å². The SMILES string of the molecule is O=C(COc1cccc(Cl)c1)N1CCN(c2ncccc2-c2nnc(C3CC3)o2)CC1. The Morgan fingerprint density at radius 2 is 1.97 bits per heavy atom. The van der Waals surface area contributed by atoms with Crippen molar-refractivity contribution >= 4 is 23.3 Å². The zero-order chi connectivity index (χ0) is 21.2. The van der Waals surface area contributed by atoms with E-state index >= 15 is 0 Å². The average Bonchev–Trinajstić information content (AvgIpc) is 3.54. The third kappa shape index (κ3) is 4.49. The van der Waals surface area contributed by atoms with Gasteiger partial charge in [0.15, 0.2) is 6.61 Å². The van der Waals surface area contributed by atoms with Crippen LogP contribution in [0.1, 0.15) is 24.7 Å². The summed E-state index contributed by atoms with van der Waals surface area (Å²) in [6.07, 6.45) is 3.98. The molecule has 0 spiro atoms. The van der Waals surface area contributed by atoms with Crippen LogP contribution in [0, 0.1) is 0 Å². The third-order valence-corrected chi connectivity index (χ3v) is 5.71. The van der Waals surface area contributed by atoms with Crippen LogP contribution < -0.4 is 9.64 Å². The van der Waals surface area contributed by atoms with Crippen molar-refractivity contribution in [3.05, 3.63) is 53.5 Å². The maximum Gasteiger partial charge on any atom is 0.260 e. The van der Waals surface area contributed by atoms with Gasteiger partial charge < -0.3 is 19.0 Å². The van der Waals surface area contributed by atoms with Gasteiger partial charge in [-0.15, -0.1) is 10.2 Å². The first kappa shape index (κ1) is 19.8. The van der Waals surface area contributed by atoms with E-state index in [9.17, 15) is 4.79 Å². The second-order valence-electron chi connectivity index (χ2n) is 7.71. The highest BCUT2D eigenvalue weighted by molar-refractivity contribution is 6.30. The minimum atomic E-state index is -0.0492. The largest absolute Gasteiger partial charge is 0.484 e. The van der Waals surface area contributed by atoms with Gasteiger partial charge in [-0.1, -0.05) is 17.7 Å². The molecule has 3 heterocycles. The number of rotatable bonds is 6. The molecule has 1 aliphatic carbocycles. The Kier molecular flexibility index (Phi) is 5.46. The number of hydrogen-bond donors (Lipinski definition) is 0. The minimum absolute atomic E-state index is 0.0128. The zero-order valence-electron chi connectivity index (χ0n) is 16.9. The summed E-state index contributed by atoms with van der Waals surface area (Å²) in [5.74, 6) is 2.95. The van der Waals surface area contributed by atoms with Crippen molar-refractivity contribution in [2.45, 2.75) is 18.8 Å². The van der Waals surface area contributed by atoms with Crippen LogP contribution >= 0.6 is 11.6 Å². The molecule has 3 aromatic rings. The molecule has 1 aromatic carbocycles.